The van der Waals surface area contributed by atoms with Crippen LogP contribution in [0.4, 0.5) is 4.39 Å². The van der Waals surface area contributed by atoms with Crippen LogP contribution in [0, 0.1) is 29.8 Å². The van der Waals surface area contributed by atoms with Gasteiger partial charge in [0.1, 0.15) is 5.82 Å². The molecule has 0 N–H and O–H groups in total. The van der Waals surface area contributed by atoms with Crippen molar-refractivity contribution < 1.29 is 24.5 Å². The molecule has 0 unspecified atom stereocenters. The van der Waals surface area contributed by atoms with Gasteiger partial charge < -0.3 is 9.97 Å². The molecule has 0 bridgehead atoms. The Morgan fingerprint density at radius 3 is 2.19 bits per heavy atom. The van der Waals surface area contributed by atoms with Gasteiger partial charge in [-0.3, -0.25) is 0 Å². The Labute approximate surface area is 262 Å². The average Bonchev–Trinajstić information content (AvgIpc) is 2.97. The van der Waals surface area contributed by atoms with Gasteiger partial charge in [0.2, 0.25) is 0 Å². The predicted octanol–water partition coefficient (Wildman–Crippen LogP) is 9.94. The van der Waals surface area contributed by atoms with E-state index in [1.807, 2.05) is 60.8 Å². The van der Waals surface area contributed by atoms with E-state index in [0.29, 0.717) is 11.8 Å². The van der Waals surface area contributed by atoms with Gasteiger partial charge in [-0.15, -0.1) is 70.8 Å². The third-order valence-electron chi connectivity index (χ3n) is 6.89. The smallest absolute Gasteiger partial charge is 0.123 e. The molecule has 6 aromatic rings. The topological polar surface area (TPSA) is 25.8 Å². The van der Waals surface area contributed by atoms with Gasteiger partial charge >= 0.3 is 0 Å². The summed E-state index contributed by atoms with van der Waals surface area (Å²) < 4.78 is 13.9. The molecule has 4 aromatic carbocycles. The van der Waals surface area contributed by atoms with Gasteiger partial charge in [-0.1, -0.05) is 58.0 Å². The molecule has 2 nitrogen and oxygen atoms in total. The molecule has 6 rings (SSSR count). The molecule has 42 heavy (non-hydrogen) atoms. The molecule has 0 spiro atoms. The molecule has 0 aliphatic carbocycles. The monoisotopic (exact) mass is 731 g/mol. The number of fused-ring (bicyclic) bond motifs is 3. The minimum Gasteiger partial charge on any atom is -0.305 e. The maximum Gasteiger partial charge on any atom is 0.123 e. The van der Waals surface area contributed by atoms with Crippen molar-refractivity contribution in [2.45, 2.75) is 40.5 Å². The van der Waals surface area contributed by atoms with Crippen LogP contribution >= 0.6 is 0 Å². The second kappa shape index (κ2) is 14.4. The van der Waals surface area contributed by atoms with Gasteiger partial charge in [0, 0.05) is 32.5 Å². The molecule has 0 atom stereocenters. The molecule has 4 heteroatoms. The number of halogens is 1. The Hall–Kier alpha value is -3.72. The van der Waals surface area contributed by atoms with Crippen molar-refractivity contribution in [3.63, 3.8) is 0 Å². The van der Waals surface area contributed by atoms with Gasteiger partial charge in [0.15, 0.2) is 0 Å². The second-order valence-electron chi connectivity index (χ2n) is 11.3. The summed E-state index contributed by atoms with van der Waals surface area (Å²) in [7, 11) is 0. The van der Waals surface area contributed by atoms with Gasteiger partial charge in [-0.05, 0) is 81.9 Å². The van der Waals surface area contributed by atoms with E-state index in [9.17, 15) is 4.39 Å². The van der Waals surface area contributed by atoms with Crippen molar-refractivity contribution in [2.75, 3.05) is 0 Å². The molecule has 0 fully saturated rings. The number of hydrogen-bond acceptors (Lipinski definition) is 2. The average molecular weight is 731 g/mol. The van der Waals surface area contributed by atoms with Crippen LogP contribution in [0.25, 0.3) is 44.1 Å². The third kappa shape index (κ3) is 7.76. The Morgan fingerprint density at radius 1 is 0.690 bits per heavy atom. The summed E-state index contributed by atoms with van der Waals surface area (Å²) in [4.78, 5) is 8.94. The zero-order chi connectivity index (χ0) is 28.8. The molecule has 0 aliphatic heterocycles. The van der Waals surface area contributed by atoms with Gasteiger partial charge in [-0.2, -0.15) is 0 Å². The largest absolute Gasteiger partial charge is 0.305 e. The number of rotatable bonds is 6. The van der Waals surface area contributed by atoms with Crippen molar-refractivity contribution in [2.24, 2.45) is 11.8 Å². The van der Waals surface area contributed by atoms with Crippen molar-refractivity contribution in [3.8, 4) is 22.5 Å². The van der Waals surface area contributed by atoms with Crippen LogP contribution in [0.15, 0.2) is 103 Å². The summed E-state index contributed by atoms with van der Waals surface area (Å²) >= 11 is 0. The summed E-state index contributed by atoms with van der Waals surface area (Å²) in [5.74, 6) is 0.943. The van der Waals surface area contributed by atoms with Crippen LogP contribution in [0.5, 0.6) is 0 Å². The summed E-state index contributed by atoms with van der Waals surface area (Å²) in [6, 6.07) is 36.0. The Bertz CT molecular complexity index is 1680. The van der Waals surface area contributed by atoms with E-state index in [4.69, 9.17) is 4.98 Å². The van der Waals surface area contributed by atoms with Crippen LogP contribution in [0.3, 0.4) is 0 Å². The van der Waals surface area contributed by atoms with Crippen LogP contribution in [-0.4, -0.2) is 9.97 Å². The molecular formula is C38H35FIrN2-2. The number of aromatic nitrogens is 2. The van der Waals surface area contributed by atoms with Gasteiger partial charge in [0.25, 0.3) is 0 Å². The Kier molecular flexibility index (Phi) is 10.7. The minimum atomic E-state index is -0.215. The van der Waals surface area contributed by atoms with Crippen molar-refractivity contribution in [1.29, 1.82) is 0 Å². The summed E-state index contributed by atoms with van der Waals surface area (Å²) in [5.41, 5.74) is 6.52. The predicted molar refractivity (Wildman–Crippen MR) is 169 cm³/mol. The second-order valence-corrected chi connectivity index (χ2v) is 11.3. The minimum absolute atomic E-state index is 0. The molecule has 215 valence electrons. The van der Waals surface area contributed by atoms with Crippen molar-refractivity contribution in [1.82, 2.24) is 9.97 Å². The Morgan fingerprint density at radius 2 is 1.48 bits per heavy atom. The SMILES string of the molecule is CC(C)Cc1[c-]c(-c2nccc3c2ccc2ccc(F)cc23)cc(CC(C)C)c1.[Ir].[c-]1ccccc1-c1ccccn1. The zero-order valence-corrected chi connectivity index (χ0v) is 26.9. The van der Waals surface area contributed by atoms with E-state index < -0.39 is 0 Å². The standard InChI is InChI=1S/C27H27FN.C11H8N.Ir/c1-17(2)11-19-13-20(12-18(3)4)15-22(14-19)27-25-8-6-21-5-7-23(28)16-26(21)24(25)9-10-29-27;1-2-6-10(7-3-1)11-8-4-5-9-12-11;/h5-10,13-14,16-18H,11-12H2,1-4H3;1-6,8-9H;/q2*-1;. The fraction of sp³-hybridized carbons (Fsp3) is 0.211. The molecule has 0 amide bonds. The molecule has 1 radical (unpaired) electrons. The molecule has 2 heterocycles. The summed E-state index contributed by atoms with van der Waals surface area (Å²) in [6.07, 6.45) is 5.65. The quantitative estimate of drug-likeness (QED) is 0.126. The maximum absolute atomic E-state index is 13.9. The van der Waals surface area contributed by atoms with Crippen LogP contribution in [-0.2, 0) is 32.9 Å². The first-order valence-electron chi connectivity index (χ1n) is 14.3. The van der Waals surface area contributed by atoms with E-state index in [1.54, 1.807) is 12.3 Å². The number of nitrogens with zero attached hydrogens (tertiary/aromatic N) is 2. The molecule has 2 aromatic heterocycles. The number of pyridine rings is 2. The summed E-state index contributed by atoms with van der Waals surface area (Å²) in [5, 5.41) is 4.03. The molecule has 0 aliphatic rings. The van der Waals surface area contributed by atoms with Crippen molar-refractivity contribution in [3.05, 3.63) is 132 Å². The first-order valence-corrected chi connectivity index (χ1v) is 14.3. The van der Waals surface area contributed by atoms with E-state index in [-0.39, 0.29) is 25.9 Å². The van der Waals surface area contributed by atoms with Gasteiger partial charge in [0.05, 0.1) is 0 Å². The number of hydrogen-bond donors (Lipinski definition) is 0. The van der Waals surface area contributed by atoms with Crippen LogP contribution in [0.2, 0.25) is 0 Å². The summed E-state index contributed by atoms with van der Waals surface area (Å²) in [6.45, 7) is 8.96. The zero-order valence-electron chi connectivity index (χ0n) is 24.5. The fourth-order valence-corrected chi connectivity index (χ4v) is 5.21. The van der Waals surface area contributed by atoms with Crippen molar-refractivity contribution >= 4 is 21.5 Å². The molecule has 0 saturated carbocycles. The van der Waals surface area contributed by atoms with E-state index >= 15 is 0 Å². The first-order chi connectivity index (χ1) is 19.9. The van der Waals surface area contributed by atoms with E-state index in [2.05, 4.69) is 69.1 Å². The fourth-order valence-electron chi connectivity index (χ4n) is 5.21. The Balaban J connectivity index is 0.000000261. The first kappa shape index (κ1) is 31.2. The van der Waals surface area contributed by atoms with Crippen LogP contribution in [0.1, 0.15) is 38.8 Å². The van der Waals surface area contributed by atoms with E-state index in [0.717, 1.165) is 56.9 Å². The normalized spacial score (nSPS) is 10.9. The molecule has 0 saturated heterocycles. The number of benzene rings is 4. The van der Waals surface area contributed by atoms with E-state index in [1.165, 1.54) is 17.2 Å². The maximum atomic E-state index is 13.9. The molecular weight excluding hydrogens is 696 g/mol. The third-order valence-corrected chi connectivity index (χ3v) is 6.89. The van der Waals surface area contributed by atoms with Crippen LogP contribution < -0.4 is 0 Å². The van der Waals surface area contributed by atoms with Gasteiger partial charge in [-0.25, -0.2) is 4.39 Å².